The SMILES string of the molecule is O=C1OCCN1c1ccc([B-](F)(F)F)cc1.[K+]. The summed E-state index contributed by atoms with van der Waals surface area (Å²) >= 11 is 0. The standard InChI is InChI=1S/C9H8BF3NO2.K/c11-10(12,13)7-1-3-8(4-2-7)14-5-6-16-9(14)15;/h1-4H,5-6H2;/q-1;+1. The summed E-state index contributed by atoms with van der Waals surface area (Å²) in [6.07, 6.45) is -0.523. The zero-order valence-corrected chi connectivity index (χ0v) is 12.3. The normalized spacial score (nSPS) is 15.5. The van der Waals surface area contributed by atoms with E-state index in [2.05, 4.69) is 4.74 Å². The number of benzene rings is 1. The van der Waals surface area contributed by atoms with Crippen LogP contribution in [0.5, 0.6) is 0 Å². The number of cyclic esters (lactones) is 1. The minimum absolute atomic E-state index is 0. The second kappa shape index (κ2) is 5.75. The molecule has 1 aliphatic heterocycles. The quantitative estimate of drug-likeness (QED) is 0.625. The maximum absolute atomic E-state index is 12.3. The van der Waals surface area contributed by atoms with Crippen LogP contribution in [0.2, 0.25) is 0 Å². The largest absolute Gasteiger partial charge is 1.00 e. The van der Waals surface area contributed by atoms with Crippen molar-refractivity contribution in [1.29, 1.82) is 0 Å². The van der Waals surface area contributed by atoms with E-state index in [1.54, 1.807) is 0 Å². The Morgan fingerprint density at radius 3 is 2.18 bits per heavy atom. The summed E-state index contributed by atoms with van der Waals surface area (Å²) in [7, 11) is 0. The number of nitrogens with zero attached hydrogens (tertiary/aromatic N) is 1. The van der Waals surface area contributed by atoms with Crippen molar-refractivity contribution < 1.29 is 73.9 Å². The van der Waals surface area contributed by atoms with Gasteiger partial charge in [0.2, 0.25) is 0 Å². The monoisotopic (exact) mass is 269 g/mol. The minimum Gasteiger partial charge on any atom is -0.447 e. The molecule has 0 saturated carbocycles. The van der Waals surface area contributed by atoms with E-state index in [-0.39, 0.29) is 58.0 Å². The van der Waals surface area contributed by atoms with Crippen LogP contribution in [0.25, 0.3) is 0 Å². The molecule has 0 N–H and O–H groups in total. The van der Waals surface area contributed by atoms with Crippen molar-refractivity contribution in [1.82, 2.24) is 0 Å². The van der Waals surface area contributed by atoms with Crippen LogP contribution in [0, 0.1) is 0 Å². The smallest absolute Gasteiger partial charge is 0.447 e. The van der Waals surface area contributed by atoms with Gasteiger partial charge in [0, 0.05) is 5.69 Å². The van der Waals surface area contributed by atoms with Crippen LogP contribution in [0.15, 0.2) is 24.3 Å². The second-order valence-electron chi connectivity index (χ2n) is 3.43. The van der Waals surface area contributed by atoms with Gasteiger partial charge in [-0.3, -0.25) is 4.90 Å². The summed E-state index contributed by atoms with van der Waals surface area (Å²) in [5.41, 5.74) is -0.248. The first-order chi connectivity index (χ1) is 7.48. The number of rotatable bonds is 2. The first-order valence-corrected chi connectivity index (χ1v) is 4.73. The Balaban J connectivity index is 0.00000144. The van der Waals surface area contributed by atoms with E-state index >= 15 is 0 Å². The van der Waals surface area contributed by atoms with Gasteiger partial charge in [-0.1, -0.05) is 12.1 Å². The molecule has 0 aliphatic carbocycles. The van der Waals surface area contributed by atoms with E-state index in [4.69, 9.17) is 0 Å². The molecule has 0 radical (unpaired) electrons. The molecule has 17 heavy (non-hydrogen) atoms. The molecule has 0 spiro atoms. The number of amides is 1. The molecular weight excluding hydrogens is 261 g/mol. The number of carbonyl (C=O) groups is 1. The van der Waals surface area contributed by atoms with Crippen LogP contribution in [0.4, 0.5) is 23.4 Å². The fraction of sp³-hybridized carbons (Fsp3) is 0.222. The third kappa shape index (κ3) is 3.48. The van der Waals surface area contributed by atoms with Crippen LogP contribution in [0.1, 0.15) is 0 Å². The van der Waals surface area contributed by atoms with Gasteiger partial charge in [0.15, 0.2) is 0 Å². The molecule has 0 unspecified atom stereocenters. The Kier molecular flexibility index (Phi) is 5.08. The summed E-state index contributed by atoms with van der Waals surface area (Å²) in [6.45, 7) is -4.34. The van der Waals surface area contributed by atoms with Crippen molar-refractivity contribution in [3.63, 3.8) is 0 Å². The van der Waals surface area contributed by atoms with Crippen molar-refractivity contribution in [2.75, 3.05) is 18.1 Å². The van der Waals surface area contributed by atoms with E-state index in [1.807, 2.05) is 0 Å². The molecular formula is C9H8BF3KNO2. The maximum atomic E-state index is 12.3. The third-order valence-corrected chi connectivity index (χ3v) is 2.34. The van der Waals surface area contributed by atoms with Crippen LogP contribution in [-0.2, 0) is 4.74 Å². The summed E-state index contributed by atoms with van der Waals surface area (Å²) < 4.78 is 41.7. The average molecular weight is 269 g/mol. The predicted molar refractivity (Wildman–Crippen MR) is 53.8 cm³/mol. The van der Waals surface area contributed by atoms with Gasteiger partial charge < -0.3 is 17.7 Å². The number of carbonyl (C=O) groups excluding carboxylic acids is 1. The second-order valence-corrected chi connectivity index (χ2v) is 3.43. The molecule has 3 nitrogen and oxygen atoms in total. The number of hydrogen-bond donors (Lipinski definition) is 0. The zero-order valence-electron chi connectivity index (χ0n) is 9.20. The van der Waals surface area contributed by atoms with E-state index in [1.165, 1.54) is 17.0 Å². The number of halogens is 3. The van der Waals surface area contributed by atoms with Crippen molar-refractivity contribution in [2.24, 2.45) is 0 Å². The molecule has 0 atom stereocenters. The fourth-order valence-electron chi connectivity index (χ4n) is 1.50. The van der Waals surface area contributed by atoms with Gasteiger partial charge in [-0.25, -0.2) is 4.79 Å². The van der Waals surface area contributed by atoms with Gasteiger partial charge >= 0.3 is 64.5 Å². The number of ether oxygens (including phenoxy) is 1. The van der Waals surface area contributed by atoms with Crippen molar-refractivity contribution in [3.05, 3.63) is 24.3 Å². The zero-order chi connectivity index (χ0) is 11.8. The summed E-state index contributed by atoms with van der Waals surface area (Å²) in [5, 5.41) is 0. The van der Waals surface area contributed by atoms with Crippen LogP contribution in [0.3, 0.4) is 0 Å². The Bertz CT molecular complexity index is 410. The van der Waals surface area contributed by atoms with Crippen LogP contribution in [-0.4, -0.2) is 26.2 Å². The molecule has 0 bridgehead atoms. The van der Waals surface area contributed by atoms with E-state index in [9.17, 15) is 17.7 Å². The van der Waals surface area contributed by atoms with E-state index in [0.29, 0.717) is 12.2 Å². The van der Waals surface area contributed by atoms with Gasteiger partial charge in [0.1, 0.15) is 6.61 Å². The minimum atomic E-state index is -4.98. The van der Waals surface area contributed by atoms with Gasteiger partial charge in [0.05, 0.1) is 6.54 Å². The molecule has 0 aromatic heterocycles. The molecule has 1 aromatic rings. The topological polar surface area (TPSA) is 29.5 Å². The van der Waals surface area contributed by atoms with E-state index < -0.39 is 18.5 Å². The number of hydrogen-bond acceptors (Lipinski definition) is 2. The molecule has 1 heterocycles. The third-order valence-electron chi connectivity index (χ3n) is 2.34. The van der Waals surface area contributed by atoms with Crippen LogP contribution < -0.4 is 61.7 Å². The van der Waals surface area contributed by atoms with E-state index in [0.717, 1.165) is 12.1 Å². The number of anilines is 1. The Hall–Kier alpha value is -0.0187. The fourth-order valence-corrected chi connectivity index (χ4v) is 1.50. The van der Waals surface area contributed by atoms with Gasteiger partial charge in [0.25, 0.3) is 0 Å². The Morgan fingerprint density at radius 2 is 1.76 bits per heavy atom. The molecule has 1 amide bonds. The molecule has 1 aromatic carbocycles. The Labute approximate surface area is 139 Å². The van der Waals surface area contributed by atoms with Crippen molar-refractivity contribution >= 4 is 24.2 Å². The van der Waals surface area contributed by atoms with Gasteiger partial charge in [-0.05, 0) is 12.1 Å². The molecule has 1 saturated heterocycles. The van der Waals surface area contributed by atoms with Gasteiger partial charge in [-0.2, -0.15) is 0 Å². The molecule has 2 rings (SSSR count). The summed E-state index contributed by atoms with van der Waals surface area (Å²) in [6, 6.07) is 4.50. The molecule has 8 heteroatoms. The average Bonchev–Trinajstić information content (AvgIpc) is 2.63. The van der Waals surface area contributed by atoms with Crippen molar-refractivity contribution in [3.8, 4) is 0 Å². The summed E-state index contributed by atoms with van der Waals surface area (Å²) in [4.78, 5) is 12.4. The van der Waals surface area contributed by atoms with Gasteiger partial charge in [-0.15, -0.1) is 5.46 Å². The first-order valence-electron chi connectivity index (χ1n) is 4.73. The Morgan fingerprint density at radius 1 is 1.18 bits per heavy atom. The van der Waals surface area contributed by atoms with Crippen LogP contribution >= 0.6 is 0 Å². The predicted octanol–water partition coefficient (Wildman–Crippen LogP) is -1.30. The molecule has 86 valence electrons. The summed E-state index contributed by atoms with van der Waals surface area (Å²) in [5.74, 6) is 0. The molecule has 1 fully saturated rings. The van der Waals surface area contributed by atoms with Crippen molar-refractivity contribution in [2.45, 2.75) is 0 Å². The molecule has 1 aliphatic rings. The first kappa shape index (κ1) is 15.0. The maximum Gasteiger partial charge on any atom is 1.00 e.